The summed E-state index contributed by atoms with van der Waals surface area (Å²) in [6.45, 7) is 0.708. The second kappa shape index (κ2) is 8.46. The fourth-order valence-electron chi connectivity index (χ4n) is 3.83. The third kappa shape index (κ3) is 4.55. The maximum atomic E-state index is 11.6. The van der Waals surface area contributed by atoms with Gasteiger partial charge in [0.2, 0.25) is 5.91 Å². The van der Waals surface area contributed by atoms with Gasteiger partial charge in [-0.3, -0.25) is 4.79 Å². The van der Waals surface area contributed by atoms with Crippen LogP contribution >= 0.6 is 0 Å². The van der Waals surface area contributed by atoms with Crippen LogP contribution in [0.2, 0.25) is 0 Å². The highest BCUT2D eigenvalue weighted by molar-refractivity contribution is 5.76. The van der Waals surface area contributed by atoms with Crippen LogP contribution in [0.25, 0.3) is 0 Å². The van der Waals surface area contributed by atoms with Crippen LogP contribution in [0.15, 0.2) is 30.3 Å². The first-order chi connectivity index (χ1) is 11.1. The largest absolute Gasteiger partial charge is 0.385 e. The lowest BCUT2D eigenvalue weighted by Crippen LogP contribution is -2.40. The number of carbonyl (C=O) groups is 1. The number of hydrogen-bond acceptors (Lipinski definition) is 3. The van der Waals surface area contributed by atoms with Gasteiger partial charge in [-0.2, -0.15) is 0 Å². The summed E-state index contributed by atoms with van der Waals surface area (Å²) in [4.78, 5) is 11.6. The van der Waals surface area contributed by atoms with Gasteiger partial charge in [-0.15, -0.1) is 0 Å². The molecule has 1 aromatic rings. The maximum Gasteiger partial charge on any atom is 0.220 e. The average Bonchev–Trinajstić information content (AvgIpc) is 2.59. The van der Waals surface area contributed by atoms with E-state index in [1.54, 1.807) is 7.11 Å². The molecule has 3 atom stereocenters. The Balaban J connectivity index is 2.17. The van der Waals surface area contributed by atoms with E-state index in [4.69, 9.17) is 10.5 Å². The number of rotatable bonds is 8. The fourth-order valence-corrected chi connectivity index (χ4v) is 3.83. The smallest absolute Gasteiger partial charge is 0.220 e. The van der Waals surface area contributed by atoms with Crippen LogP contribution in [0.1, 0.15) is 50.5 Å². The zero-order chi connectivity index (χ0) is 16.7. The SMILES string of the molecule is COCCCCC(O)(c1ccccc1)C1CCCC(C(N)=O)C1. The molecule has 1 aromatic carbocycles. The van der Waals surface area contributed by atoms with Gasteiger partial charge in [0.05, 0.1) is 5.60 Å². The molecular formula is C19H29NO3. The van der Waals surface area contributed by atoms with Gasteiger partial charge in [0.25, 0.3) is 0 Å². The molecule has 0 bridgehead atoms. The first kappa shape index (κ1) is 18.0. The third-order valence-electron chi connectivity index (χ3n) is 5.18. The van der Waals surface area contributed by atoms with Gasteiger partial charge in [-0.05, 0) is 50.0 Å². The van der Waals surface area contributed by atoms with Crippen molar-refractivity contribution in [3.8, 4) is 0 Å². The van der Waals surface area contributed by atoms with Crippen LogP contribution in [0.3, 0.4) is 0 Å². The Kier molecular flexibility index (Phi) is 6.60. The van der Waals surface area contributed by atoms with Gasteiger partial charge < -0.3 is 15.6 Å². The van der Waals surface area contributed by atoms with E-state index in [2.05, 4.69) is 0 Å². The van der Waals surface area contributed by atoms with Crippen LogP contribution in [0.5, 0.6) is 0 Å². The summed E-state index contributed by atoms with van der Waals surface area (Å²) in [5, 5.41) is 11.5. The first-order valence-electron chi connectivity index (χ1n) is 8.64. The van der Waals surface area contributed by atoms with Crippen molar-refractivity contribution >= 4 is 5.91 Å². The molecule has 3 N–H and O–H groups in total. The van der Waals surface area contributed by atoms with Crippen LogP contribution in [-0.4, -0.2) is 24.7 Å². The van der Waals surface area contributed by atoms with Crippen molar-refractivity contribution in [1.82, 2.24) is 0 Å². The summed E-state index contributed by atoms with van der Waals surface area (Å²) in [5.41, 5.74) is 5.58. The highest BCUT2D eigenvalue weighted by Crippen LogP contribution is 2.44. The molecule has 0 spiro atoms. The number of unbranched alkanes of at least 4 members (excludes halogenated alkanes) is 1. The van der Waals surface area contributed by atoms with Gasteiger partial charge in [-0.25, -0.2) is 0 Å². The van der Waals surface area contributed by atoms with Crippen molar-refractivity contribution in [3.63, 3.8) is 0 Å². The van der Waals surface area contributed by atoms with E-state index >= 15 is 0 Å². The molecule has 4 heteroatoms. The van der Waals surface area contributed by atoms with Crippen molar-refractivity contribution in [2.75, 3.05) is 13.7 Å². The van der Waals surface area contributed by atoms with Crippen LogP contribution in [-0.2, 0) is 15.1 Å². The molecule has 1 aliphatic rings. The maximum absolute atomic E-state index is 11.6. The fraction of sp³-hybridized carbons (Fsp3) is 0.632. The number of nitrogens with two attached hydrogens (primary N) is 1. The van der Waals surface area contributed by atoms with Gasteiger partial charge in [-0.1, -0.05) is 36.8 Å². The lowest BCUT2D eigenvalue weighted by molar-refractivity contribution is -0.125. The molecule has 23 heavy (non-hydrogen) atoms. The molecule has 2 rings (SSSR count). The molecule has 0 aliphatic heterocycles. The Hall–Kier alpha value is -1.39. The van der Waals surface area contributed by atoms with Gasteiger partial charge in [0, 0.05) is 19.6 Å². The zero-order valence-electron chi connectivity index (χ0n) is 14.0. The van der Waals surface area contributed by atoms with Crippen molar-refractivity contribution in [3.05, 3.63) is 35.9 Å². The topological polar surface area (TPSA) is 72.6 Å². The molecular weight excluding hydrogens is 290 g/mol. The molecule has 1 saturated carbocycles. The molecule has 0 aromatic heterocycles. The van der Waals surface area contributed by atoms with E-state index in [1.807, 2.05) is 30.3 Å². The van der Waals surface area contributed by atoms with Gasteiger partial charge in [0.1, 0.15) is 0 Å². The second-order valence-corrected chi connectivity index (χ2v) is 6.70. The summed E-state index contributed by atoms with van der Waals surface area (Å²) in [7, 11) is 1.70. The van der Waals surface area contributed by atoms with Crippen molar-refractivity contribution in [1.29, 1.82) is 0 Å². The van der Waals surface area contributed by atoms with Crippen molar-refractivity contribution in [2.45, 2.75) is 50.5 Å². The lowest BCUT2D eigenvalue weighted by atomic mass is 9.68. The number of hydrogen-bond donors (Lipinski definition) is 2. The standard InChI is InChI=1S/C19H29NO3/c1-23-13-6-5-12-19(22,16-9-3-2-4-10-16)17-11-7-8-15(14-17)18(20)21/h2-4,9-10,15,17,22H,5-8,11-14H2,1H3,(H2,20,21). The number of ether oxygens (including phenoxy) is 1. The van der Waals surface area contributed by atoms with Crippen LogP contribution in [0, 0.1) is 11.8 Å². The monoisotopic (exact) mass is 319 g/mol. The number of primary amides is 1. The van der Waals surface area contributed by atoms with Gasteiger partial charge >= 0.3 is 0 Å². The predicted molar refractivity (Wildman–Crippen MR) is 90.7 cm³/mol. The Morgan fingerprint density at radius 2 is 2.04 bits per heavy atom. The van der Waals surface area contributed by atoms with Crippen molar-refractivity contribution in [2.24, 2.45) is 17.6 Å². The Morgan fingerprint density at radius 1 is 1.30 bits per heavy atom. The number of benzene rings is 1. The average molecular weight is 319 g/mol. The lowest BCUT2D eigenvalue weighted by Gasteiger charge is -2.41. The van der Waals surface area contributed by atoms with E-state index in [9.17, 15) is 9.90 Å². The van der Waals surface area contributed by atoms with E-state index < -0.39 is 5.60 Å². The summed E-state index contributed by atoms with van der Waals surface area (Å²) in [6, 6.07) is 9.87. The quantitative estimate of drug-likeness (QED) is 0.724. The van der Waals surface area contributed by atoms with Crippen LogP contribution in [0.4, 0.5) is 0 Å². The Morgan fingerprint density at radius 3 is 2.70 bits per heavy atom. The molecule has 1 aliphatic carbocycles. The zero-order valence-corrected chi connectivity index (χ0v) is 14.0. The van der Waals surface area contributed by atoms with Crippen LogP contribution < -0.4 is 5.73 Å². The minimum absolute atomic E-state index is 0.0821. The Labute approximate surface area is 139 Å². The molecule has 1 amide bonds. The predicted octanol–water partition coefficient (Wildman–Crippen LogP) is 2.98. The number of carbonyl (C=O) groups excluding carboxylic acids is 1. The third-order valence-corrected chi connectivity index (χ3v) is 5.18. The summed E-state index contributed by atoms with van der Waals surface area (Å²) < 4.78 is 5.11. The van der Waals surface area contributed by atoms with E-state index in [-0.39, 0.29) is 17.7 Å². The number of aliphatic hydroxyl groups is 1. The summed E-state index contributed by atoms with van der Waals surface area (Å²) in [6.07, 6.45) is 5.95. The molecule has 0 heterocycles. The summed E-state index contributed by atoms with van der Waals surface area (Å²) >= 11 is 0. The van der Waals surface area contributed by atoms with Gasteiger partial charge in [0.15, 0.2) is 0 Å². The first-order valence-corrected chi connectivity index (χ1v) is 8.64. The van der Waals surface area contributed by atoms with E-state index in [0.29, 0.717) is 19.4 Å². The molecule has 4 nitrogen and oxygen atoms in total. The molecule has 3 unspecified atom stereocenters. The molecule has 0 radical (unpaired) electrons. The minimum Gasteiger partial charge on any atom is -0.385 e. The van der Waals surface area contributed by atoms with E-state index in [1.165, 1.54) is 0 Å². The number of amides is 1. The highest BCUT2D eigenvalue weighted by Gasteiger charge is 2.41. The highest BCUT2D eigenvalue weighted by atomic mass is 16.5. The Bertz CT molecular complexity index is 491. The second-order valence-electron chi connectivity index (χ2n) is 6.70. The van der Waals surface area contributed by atoms with E-state index in [0.717, 1.165) is 37.7 Å². The van der Waals surface area contributed by atoms with Crippen molar-refractivity contribution < 1.29 is 14.6 Å². The molecule has 0 saturated heterocycles. The normalized spacial score (nSPS) is 24.1. The molecule has 1 fully saturated rings. The number of methoxy groups -OCH3 is 1. The molecule has 128 valence electrons. The summed E-state index contributed by atoms with van der Waals surface area (Å²) in [5.74, 6) is -0.258. The minimum atomic E-state index is -0.886.